The standard InChI is InChI=1S/C74H44N4O2/c79-73-60-38-30-48(46-27-33-50(34-28-46)76-70-24-12-6-18-58(70)62-44-52(36-40-72(62)76)78-67-21-9-3-15-55(67)56-16-4-10-22-68(56)78)42-64(60)74(80)59-37-29-47(41-63(59)73)45-25-31-49(32-26-45)75-69-23-11-5-17-57(69)61-43-51(35-39-71(61)75)77-65-19-7-1-13-53(65)54-14-2-8-20-66(54)77/h1-44H. The quantitative estimate of drug-likeness (QED) is 0.167. The van der Waals surface area contributed by atoms with Gasteiger partial charge in [-0.1, -0.05) is 146 Å². The van der Waals surface area contributed by atoms with Gasteiger partial charge in [-0.05, 0) is 144 Å². The van der Waals surface area contributed by atoms with E-state index in [0.29, 0.717) is 22.3 Å². The number of rotatable bonds is 6. The average Bonchev–Trinajstić information content (AvgIpc) is 4.34. The van der Waals surface area contributed by atoms with Gasteiger partial charge in [0.2, 0.25) is 0 Å². The fraction of sp³-hybridized carbons (Fsp3) is 0. The van der Waals surface area contributed by atoms with Crippen molar-refractivity contribution in [3.8, 4) is 45.0 Å². The van der Waals surface area contributed by atoms with Gasteiger partial charge in [-0.15, -0.1) is 0 Å². The molecule has 0 fully saturated rings. The lowest BCUT2D eigenvalue weighted by Crippen LogP contribution is -2.21. The van der Waals surface area contributed by atoms with Crippen LogP contribution in [0.2, 0.25) is 0 Å². The molecule has 17 rings (SSSR count). The highest BCUT2D eigenvalue weighted by Crippen LogP contribution is 2.41. The summed E-state index contributed by atoms with van der Waals surface area (Å²) < 4.78 is 9.39. The van der Waals surface area contributed by atoms with E-state index in [-0.39, 0.29) is 11.6 Å². The Hall–Kier alpha value is -10.8. The SMILES string of the molecule is O=C1c2ccc(-c3ccc(-n4c5ccccc5c5cc(-n6c7ccccc7c7ccccc76)ccc54)cc3)cc2C(=O)c2ccc(-c3ccc(-n4c5ccccc5c5cc(-n6c7ccccc7c7ccccc76)ccc54)cc3)cc21. The summed E-state index contributed by atoms with van der Waals surface area (Å²) in [6, 6.07) is 93.6. The molecule has 4 aromatic heterocycles. The number of hydrogen-bond donors (Lipinski definition) is 0. The molecule has 0 radical (unpaired) electrons. The molecule has 372 valence electrons. The molecule has 0 saturated carbocycles. The van der Waals surface area contributed by atoms with Gasteiger partial charge in [0.25, 0.3) is 0 Å². The number of aromatic nitrogens is 4. The zero-order chi connectivity index (χ0) is 52.7. The topological polar surface area (TPSA) is 53.9 Å². The molecule has 1 aliphatic rings. The zero-order valence-corrected chi connectivity index (χ0v) is 43.0. The minimum Gasteiger partial charge on any atom is -0.309 e. The van der Waals surface area contributed by atoms with E-state index in [9.17, 15) is 9.59 Å². The van der Waals surface area contributed by atoms with Crippen molar-refractivity contribution in [2.24, 2.45) is 0 Å². The van der Waals surface area contributed by atoms with Gasteiger partial charge >= 0.3 is 0 Å². The third-order valence-corrected chi connectivity index (χ3v) is 16.9. The van der Waals surface area contributed by atoms with Crippen LogP contribution in [0.15, 0.2) is 267 Å². The van der Waals surface area contributed by atoms with Crippen molar-refractivity contribution in [2.45, 2.75) is 0 Å². The van der Waals surface area contributed by atoms with Gasteiger partial charge in [0, 0.05) is 88.1 Å². The maximum absolute atomic E-state index is 14.4. The molecule has 16 aromatic rings. The lowest BCUT2D eigenvalue weighted by molar-refractivity contribution is 0.0979. The fourth-order valence-corrected chi connectivity index (χ4v) is 13.3. The number of benzene rings is 12. The average molecular weight is 1020 g/mol. The Morgan fingerprint density at radius 3 is 0.762 bits per heavy atom. The van der Waals surface area contributed by atoms with E-state index in [1.807, 2.05) is 36.4 Å². The van der Waals surface area contributed by atoms with Gasteiger partial charge in [-0.3, -0.25) is 9.59 Å². The van der Waals surface area contributed by atoms with Crippen molar-refractivity contribution in [1.82, 2.24) is 18.3 Å². The molecule has 0 aliphatic heterocycles. The summed E-state index contributed by atoms with van der Waals surface area (Å²) in [6.07, 6.45) is 0. The maximum Gasteiger partial charge on any atom is 0.194 e. The van der Waals surface area contributed by atoms with E-state index < -0.39 is 0 Å². The molecule has 4 heterocycles. The molecule has 0 saturated heterocycles. The highest BCUT2D eigenvalue weighted by atomic mass is 16.1. The summed E-state index contributed by atoms with van der Waals surface area (Å²) in [5.41, 5.74) is 18.9. The smallest absolute Gasteiger partial charge is 0.194 e. The van der Waals surface area contributed by atoms with Crippen LogP contribution in [0.5, 0.6) is 0 Å². The minimum atomic E-state index is -0.145. The molecule has 0 N–H and O–H groups in total. The largest absolute Gasteiger partial charge is 0.309 e. The lowest BCUT2D eigenvalue weighted by Gasteiger charge is -2.19. The summed E-state index contributed by atoms with van der Waals surface area (Å²) in [4.78, 5) is 28.8. The number of fused-ring (bicyclic) bond motifs is 14. The van der Waals surface area contributed by atoms with Crippen LogP contribution < -0.4 is 0 Å². The Morgan fingerprint density at radius 1 is 0.188 bits per heavy atom. The first-order chi connectivity index (χ1) is 39.5. The monoisotopic (exact) mass is 1020 g/mol. The van der Waals surface area contributed by atoms with Crippen LogP contribution >= 0.6 is 0 Å². The van der Waals surface area contributed by atoms with Crippen molar-refractivity contribution in [3.63, 3.8) is 0 Å². The summed E-state index contributed by atoms with van der Waals surface area (Å²) in [5.74, 6) is -0.290. The fourth-order valence-electron chi connectivity index (χ4n) is 13.3. The van der Waals surface area contributed by atoms with Crippen LogP contribution in [0, 0.1) is 0 Å². The number of carbonyl (C=O) groups excluding carboxylic acids is 2. The van der Waals surface area contributed by atoms with Gasteiger partial charge in [0.05, 0.1) is 44.1 Å². The number of para-hydroxylation sites is 6. The molecule has 12 aromatic carbocycles. The summed E-state index contributed by atoms with van der Waals surface area (Å²) in [6.45, 7) is 0. The molecule has 6 heteroatoms. The predicted octanol–water partition coefficient (Wildman–Crippen LogP) is 18.2. The molecule has 0 atom stereocenters. The lowest BCUT2D eigenvalue weighted by atomic mass is 9.81. The van der Waals surface area contributed by atoms with Crippen molar-refractivity contribution in [1.29, 1.82) is 0 Å². The first-order valence-corrected chi connectivity index (χ1v) is 27.2. The number of nitrogens with zero attached hydrogens (tertiary/aromatic N) is 4. The molecule has 6 nitrogen and oxygen atoms in total. The second-order valence-corrected chi connectivity index (χ2v) is 21.1. The third-order valence-electron chi connectivity index (χ3n) is 16.9. The zero-order valence-electron chi connectivity index (χ0n) is 43.0. The van der Waals surface area contributed by atoms with Crippen LogP contribution in [0.3, 0.4) is 0 Å². The number of ketones is 2. The Labute approximate surface area is 458 Å². The molecule has 0 amide bonds. The summed E-state index contributed by atoms with van der Waals surface area (Å²) >= 11 is 0. The van der Waals surface area contributed by atoms with Crippen LogP contribution in [-0.2, 0) is 0 Å². The van der Waals surface area contributed by atoms with E-state index in [0.717, 1.165) is 67.1 Å². The van der Waals surface area contributed by atoms with Crippen molar-refractivity contribution >= 4 is 98.8 Å². The summed E-state index contributed by atoms with van der Waals surface area (Å²) in [7, 11) is 0. The molecule has 1 aliphatic carbocycles. The van der Waals surface area contributed by atoms with E-state index >= 15 is 0 Å². The first kappa shape index (κ1) is 44.3. The van der Waals surface area contributed by atoms with Crippen molar-refractivity contribution in [2.75, 3.05) is 0 Å². The third kappa shape index (κ3) is 6.35. The van der Waals surface area contributed by atoms with Crippen LogP contribution in [0.4, 0.5) is 0 Å². The van der Waals surface area contributed by atoms with Crippen LogP contribution in [0.1, 0.15) is 31.8 Å². The highest BCUT2D eigenvalue weighted by Gasteiger charge is 2.31. The van der Waals surface area contributed by atoms with Gasteiger partial charge < -0.3 is 18.3 Å². The van der Waals surface area contributed by atoms with E-state index in [1.54, 1.807) is 0 Å². The normalized spacial score (nSPS) is 12.6. The first-order valence-electron chi connectivity index (χ1n) is 27.2. The van der Waals surface area contributed by atoms with Crippen molar-refractivity contribution < 1.29 is 9.59 Å². The number of carbonyl (C=O) groups is 2. The van der Waals surface area contributed by atoms with Crippen LogP contribution in [-0.4, -0.2) is 29.8 Å². The van der Waals surface area contributed by atoms with E-state index in [1.165, 1.54) is 65.2 Å². The summed E-state index contributed by atoms with van der Waals surface area (Å²) in [5, 5.41) is 9.66. The van der Waals surface area contributed by atoms with E-state index in [4.69, 9.17) is 0 Å². The Bertz CT molecular complexity index is 4900. The highest BCUT2D eigenvalue weighted by molar-refractivity contribution is 6.29. The Kier molecular flexibility index (Phi) is 9.33. The van der Waals surface area contributed by atoms with Gasteiger partial charge in [-0.2, -0.15) is 0 Å². The van der Waals surface area contributed by atoms with Gasteiger partial charge in [-0.25, -0.2) is 0 Å². The van der Waals surface area contributed by atoms with Crippen molar-refractivity contribution in [3.05, 3.63) is 289 Å². The van der Waals surface area contributed by atoms with Crippen LogP contribution in [0.25, 0.3) is 132 Å². The maximum atomic E-state index is 14.4. The second-order valence-electron chi connectivity index (χ2n) is 21.1. The Balaban J connectivity index is 0.667. The molecular weight excluding hydrogens is 977 g/mol. The predicted molar refractivity (Wildman–Crippen MR) is 328 cm³/mol. The Morgan fingerprint density at radius 2 is 0.438 bits per heavy atom. The molecule has 80 heavy (non-hydrogen) atoms. The second kappa shape index (κ2) is 16.8. The van der Waals surface area contributed by atoms with Gasteiger partial charge in [0.15, 0.2) is 11.6 Å². The van der Waals surface area contributed by atoms with Gasteiger partial charge in [0.1, 0.15) is 0 Å². The molecule has 0 spiro atoms. The molecule has 0 bridgehead atoms. The number of hydrogen-bond acceptors (Lipinski definition) is 2. The minimum absolute atomic E-state index is 0.145. The molecular formula is C74H44N4O2. The molecule has 0 unspecified atom stereocenters. The van der Waals surface area contributed by atoms with E-state index in [2.05, 4.69) is 249 Å².